The molecule has 0 aromatic rings. The summed E-state index contributed by atoms with van der Waals surface area (Å²) in [4.78, 5) is 0. The van der Waals surface area contributed by atoms with E-state index in [4.69, 9.17) is 9.47 Å². The van der Waals surface area contributed by atoms with Crippen LogP contribution in [0.1, 0.15) is 19.3 Å². The van der Waals surface area contributed by atoms with Crippen molar-refractivity contribution in [1.29, 1.82) is 0 Å². The predicted molar refractivity (Wildman–Crippen MR) is 45.9 cm³/mol. The normalized spacial score (nSPS) is 31.5. The Labute approximate surface area is 73.4 Å². The van der Waals surface area contributed by atoms with Gasteiger partial charge in [0, 0.05) is 25.6 Å². The minimum absolute atomic E-state index is 0.0966. The van der Waals surface area contributed by atoms with Gasteiger partial charge < -0.3 is 14.8 Å². The fraction of sp³-hybridized carbons (Fsp3) is 1.00. The number of rotatable bonds is 3. The van der Waals surface area contributed by atoms with Gasteiger partial charge >= 0.3 is 0 Å². The molecule has 0 spiro atoms. The second-order valence-electron chi connectivity index (χ2n) is 3.65. The van der Waals surface area contributed by atoms with Gasteiger partial charge in [0.15, 0.2) is 6.29 Å². The SMILES string of the molecule is C1CCC(OCC2CNC2)OC1. The van der Waals surface area contributed by atoms with E-state index in [-0.39, 0.29) is 6.29 Å². The van der Waals surface area contributed by atoms with E-state index in [9.17, 15) is 0 Å². The van der Waals surface area contributed by atoms with E-state index in [0.29, 0.717) is 0 Å². The molecule has 0 aromatic heterocycles. The molecule has 2 aliphatic heterocycles. The minimum Gasteiger partial charge on any atom is -0.353 e. The van der Waals surface area contributed by atoms with Crippen molar-refractivity contribution in [1.82, 2.24) is 5.32 Å². The van der Waals surface area contributed by atoms with Crippen molar-refractivity contribution in [2.75, 3.05) is 26.3 Å². The zero-order chi connectivity index (χ0) is 8.23. The van der Waals surface area contributed by atoms with Gasteiger partial charge in [-0.2, -0.15) is 0 Å². The van der Waals surface area contributed by atoms with Gasteiger partial charge in [-0.05, 0) is 19.3 Å². The molecule has 0 aromatic carbocycles. The van der Waals surface area contributed by atoms with Gasteiger partial charge in [0.25, 0.3) is 0 Å². The molecule has 2 rings (SSSR count). The first-order valence-electron chi connectivity index (χ1n) is 4.89. The average Bonchev–Trinajstić information content (AvgIpc) is 2.04. The summed E-state index contributed by atoms with van der Waals surface area (Å²) in [7, 11) is 0. The fourth-order valence-electron chi connectivity index (χ4n) is 1.55. The third-order valence-electron chi connectivity index (χ3n) is 2.52. The minimum atomic E-state index is 0.0966. The van der Waals surface area contributed by atoms with Crippen LogP contribution in [0.25, 0.3) is 0 Å². The maximum Gasteiger partial charge on any atom is 0.157 e. The first-order valence-corrected chi connectivity index (χ1v) is 4.89. The molecular weight excluding hydrogens is 154 g/mol. The van der Waals surface area contributed by atoms with Crippen LogP contribution in [0.3, 0.4) is 0 Å². The standard InChI is InChI=1S/C9H17NO2/c1-2-4-11-9(3-1)12-7-8-5-10-6-8/h8-10H,1-7H2. The van der Waals surface area contributed by atoms with Crippen molar-refractivity contribution in [3.05, 3.63) is 0 Å². The molecule has 2 heterocycles. The van der Waals surface area contributed by atoms with E-state index < -0.39 is 0 Å². The summed E-state index contributed by atoms with van der Waals surface area (Å²) in [5.74, 6) is 0.732. The van der Waals surface area contributed by atoms with Crippen molar-refractivity contribution in [3.8, 4) is 0 Å². The highest BCUT2D eigenvalue weighted by Gasteiger charge is 2.20. The Balaban J connectivity index is 1.58. The molecule has 3 heteroatoms. The van der Waals surface area contributed by atoms with Crippen molar-refractivity contribution in [2.24, 2.45) is 5.92 Å². The molecule has 0 aliphatic carbocycles. The first kappa shape index (κ1) is 8.48. The largest absolute Gasteiger partial charge is 0.353 e. The molecule has 70 valence electrons. The van der Waals surface area contributed by atoms with Crippen molar-refractivity contribution >= 4 is 0 Å². The maximum atomic E-state index is 5.62. The van der Waals surface area contributed by atoms with E-state index in [1.54, 1.807) is 0 Å². The molecule has 0 radical (unpaired) electrons. The highest BCUT2D eigenvalue weighted by molar-refractivity contribution is 4.74. The first-order chi connectivity index (χ1) is 5.95. The number of ether oxygens (including phenoxy) is 2. The smallest absolute Gasteiger partial charge is 0.157 e. The van der Waals surface area contributed by atoms with Gasteiger partial charge in [-0.3, -0.25) is 0 Å². The molecule has 3 nitrogen and oxygen atoms in total. The molecule has 0 bridgehead atoms. The van der Waals surface area contributed by atoms with E-state index in [1.165, 1.54) is 12.8 Å². The molecule has 1 atom stereocenters. The Morgan fingerprint density at radius 1 is 1.33 bits per heavy atom. The van der Waals surface area contributed by atoms with Crippen LogP contribution >= 0.6 is 0 Å². The molecule has 2 saturated heterocycles. The Bertz CT molecular complexity index is 130. The van der Waals surface area contributed by atoms with Crippen LogP contribution in [0.4, 0.5) is 0 Å². The van der Waals surface area contributed by atoms with Gasteiger partial charge in [0.2, 0.25) is 0 Å². The highest BCUT2D eigenvalue weighted by atomic mass is 16.7. The van der Waals surface area contributed by atoms with E-state index >= 15 is 0 Å². The number of nitrogens with one attached hydrogen (secondary N) is 1. The molecule has 2 fully saturated rings. The highest BCUT2D eigenvalue weighted by Crippen LogP contribution is 2.15. The van der Waals surface area contributed by atoms with Crippen LogP contribution in [-0.4, -0.2) is 32.6 Å². The third-order valence-corrected chi connectivity index (χ3v) is 2.52. The topological polar surface area (TPSA) is 30.5 Å². The molecular formula is C9H17NO2. The molecule has 0 saturated carbocycles. The van der Waals surface area contributed by atoms with E-state index in [0.717, 1.165) is 38.6 Å². The van der Waals surface area contributed by atoms with Crippen LogP contribution < -0.4 is 5.32 Å². The quantitative estimate of drug-likeness (QED) is 0.679. The Hall–Kier alpha value is -0.120. The second-order valence-corrected chi connectivity index (χ2v) is 3.65. The van der Waals surface area contributed by atoms with Crippen LogP contribution in [0.2, 0.25) is 0 Å². The molecule has 2 aliphatic rings. The lowest BCUT2D eigenvalue weighted by atomic mass is 10.1. The van der Waals surface area contributed by atoms with Crippen molar-refractivity contribution in [3.63, 3.8) is 0 Å². The predicted octanol–water partition coefficient (Wildman–Crippen LogP) is 0.749. The summed E-state index contributed by atoms with van der Waals surface area (Å²) in [5, 5.41) is 3.23. The van der Waals surface area contributed by atoms with E-state index in [1.807, 2.05) is 0 Å². The van der Waals surface area contributed by atoms with Crippen LogP contribution in [0, 0.1) is 5.92 Å². The van der Waals surface area contributed by atoms with Crippen molar-refractivity contribution in [2.45, 2.75) is 25.6 Å². The Morgan fingerprint density at radius 3 is 2.83 bits per heavy atom. The van der Waals surface area contributed by atoms with Gasteiger partial charge in [0.05, 0.1) is 6.61 Å². The van der Waals surface area contributed by atoms with Gasteiger partial charge in [-0.1, -0.05) is 0 Å². The summed E-state index contributed by atoms with van der Waals surface area (Å²) in [5.41, 5.74) is 0. The van der Waals surface area contributed by atoms with Crippen molar-refractivity contribution < 1.29 is 9.47 Å². The van der Waals surface area contributed by atoms with Crippen LogP contribution in [0.5, 0.6) is 0 Å². The summed E-state index contributed by atoms with van der Waals surface area (Å²) in [6, 6.07) is 0. The lowest BCUT2D eigenvalue weighted by molar-refractivity contribution is -0.171. The van der Waals surface area contributed by atoms with Crippen LogP contribution in [-0.2, 0) is 9.47 Å². The number of hydrogen-bond donors (Lipinski definition) is 1. The monoisotopic (exact) mass is 171 g/mol. The van der Waals surface area contributed by atoms with Gasteiger partial charge in [-0.15, -0.1) is 0 Å². The molecule has 0 amide bonds. The lowest BCUT2D eigenvalue weighted by Crippen LogP contribution is -2.45. The average molecular weight is 171 g/mol. The second kappa shape index (κ2) is 4.21. The Kier molecular flexibility index (Phi) is 2.98. The lowest BCUT2D eigenvalue weighted by Gasteiger charge is -2.30. The third kappa shape index (κ3) is 2.19. The van der Waals surface area contributed by atoms with E-state index in [2.05, 4.69) is 5.32 Å². The summed E-state index contributed by atoms with van der Waals surface area (Å²) >= 11 is 0. The molecule has 1 unspecified atom stereocenters. The zero-order valence-electron chi connectivity index (χ0n) is 7.42. The summed E-state index contributed by atoms with van der Waals surface area (Å²) in [6.07, 6.45) is 3.64. The zero-order valence-corrected chi connectivity index (χ0v) is 7.42. The summed E-state index contributed by atoms with van der Waals surface area (Å²) < 4.78 is 11.1. The van der Waals surface area contributed by atoms with Gasteiger partial charge in [-0.25, -0.2) is 0 Å². The fourth-order valence-corrected chi connectivity index (χ4v) is 1.55. The molecule has 12 heavy (non-hydrogen) atoms. The number of hydrogen-bond acceptors (Lipinski definition) is 3. The molecule has 1 N–H and O–H groups in total. The maximum absolute atomic E-state index is 5.62. The summed E-state index contributed by atoms with van der Waals surface area (Å²) in [6.45, 7) is 3.99. The van der Waals surface area contributed by atoms with Crippen LogP contribution in [0.15, 0.2) is 0 Å². The Morgan fingerprint density at radius 2 is 2.25 bits per heavy atom. The van der Waals surface area contributed by atoms with Gasteiger partial charge in [0.1, 0.15) is 0 Å².